The Labute approximate surface area is 140 Å². The van der Waals surface area contributed by atoms with E-state index in [1.807, 2.05) is 0 Å². The van der Waals surface area contributed by atoms with Gasteiger partial charge in [-0.25, -0.2) is 9.55 Å². The van der Waals surface area contributed by atoms with Gasteiger partial charge < -0.3 is 35.8 Å². The van der Waals surface area contributed by atoms with E-state index >= 15 is 0 Å². The highest BCUT2D eigenvalue weighted by Gasteiger charge is 2.45. The predicted molar refractivity (Wildman–Crippen MR) is 83.2 cm³/mol. The van der Waals surface area contributed by atoms with Crippen molar-refractivity contribution in [1.29, 1.82) is 0 Å². The highest BCUT2D eigenvalue weighted by atomic mass is 31.2. The topological polar surface area (TPSA) is 198 Å². The van der Waals surface area contributed by atoms with Gasteiger partial charge in [-0.15, -0.1) is 0 Å². The Morgan fingerprint density at radius 3 is 2.76 bits per heavy atom. The van der Waals surface area contributed by atoms with Crippen molar-refractivity contribution in [2.75, 3.05) is 24.7 Å². The van der Waals surface area contributed by atoms with Gasteiger partial charge in [0.2, 0.25) is 5.95 Å². The third-order valence-electron chi connectivity index (χ3n) is 3.69. The second-order valence-electron chi connectivity index (χ2n) is 5.34. The molecule has 7 N–H and O–H groups in total. The molecule has 2 aromatic heterocycles. The zero-order valence-corrected chi connectivity index (χ0v) is 13.8. The van der Waals surface area contributed by atoms with Crippen LogP contribution in [-0.4, -0.2) is 71.5 Å². The van der Waals surface area contributed by atoms with Crippen molar-refractivity contribution < 1.29 is 33.8 Å². The molecule has 0 radical (unpaired) electrons. The molecule has 3 rings (SSSR count). The minimum atomic E-state index is -4.74. The molecule has 25 heavy (non-hydrogen) atoms. The molecule has 0 amide bonds. The number of hydrogen-bond donors (Lipinski definition) is 6. The van der Waals surface area contributed by atoms with Gasteiger partial charge in [0.05, 0.1) is 12.9 Å². The van der Waals surface area contributed by atoms with Gasteiger partial charge >= 0.3 is 7.82 Å². The summed E-state index contributed by atoms with van der Waals surface area (Å²) in [7, 11) is -3.11. The number of aromatic nitrogens is 4. The van der Waals surface area contributed by atoms with Crippen LogP contribution >= 0.6 is 7.82 Å². The molecule has 0 aliphatic carbocycles. The fourth-order valence-electron chi connectivity index (χ4n) is 2.56. The van der Waals surface area contributed by atoms with E-state index in [0.29, 0.717) is 11.3 Å². The number of fused-ring (bicyclic) bond motifs is 1. The van der Waals surface area contributed by atoms with Crippen LogP contribution in [0.2, 0.25) is 0 Å². The molecule has 13 nitrogen and oxygen atoms in total. The molecule has 0 bridgehead atoms. The van der Waals surface area contributed by atoms with Crippen LogP contribution in [0.4, 0.5) is 11.8 Å². The highest BCUT2D eigenvalue weighted by molar-refractivity contribution is 7.46. The Kier molecular flexibility index (Phi) is 4.64. The summed E-state index contributed by atoms with van der Waals surface area (Å²) < 4.78 is 21.9. The second-order valence-corrected chi connectivity index (χ2v) is 6.58. The van der Waals surface area contributed by atoms with Crippen LogP contribution in [0, 0.1) is 0 Å². The molecular weight excluding hydrogens is 359 g/mol. The molecule has 0 saturated carbocycles. The first-order chi connectivity index (χ1) is 11.7. The number of nitrogens with zero attached hydrogens (tertiary/aromatic N) is 4. The number of hydrogen-bond acceptors (Lipinski definition) is 10. The third-order valence-corrected chi connectivity index (χ3v) is 4.18. The maximum Gasteiger partial charge on any atom is 0.469 e. The van der Waals surface area contributed by atoms with Gasteiger partial charge in [0, 0.05) is 7.05 Å². The predicted octanol–water partition coefficient (Wildman–Crippen LogP) is -1.82. The maximum atomic E-state index is 10.8. The van der Waals surface area contributed by atoms with Crippen LogP contribution < -0.4 is 11.1 Å². The van der Waals surface area contributed by atoms with Crippen LogP contribution in [-0.2, 0) is 13.8 Å². The molecule has 14 heteroatoms. The molecule has 2 aromatic rings. The molecule has 3 heterocycles. The first-order valence-corrected chi connectivity index (χ1v) is 8.64. The summed E-state index contributed by atoms with van der Waals surface area (Å²) in [5.74, 6) is 0.337. The minimum Gasteiger partial charge on any atom is -0.387 e. The summed E-state index contributed by atoms with van der Waals surface area (Å²) in [5.41, 5.74) is 6.28. The Morgan fingerprint density at radius 2 is 2.12 bits per heavy atom. The number of nitrogens with one attached hydrogen (secondary N) is 1. The van der Waals surface area contributed by atoms with Crippen LogP contribution in [0.15, 0.2) is 6.33 Å². The highest BCUT2D eigenvalue weighted by Crippen LogP contribution is 2.39. The van der Waals surface area contributed by atoms with E-state index in [2.05, 4.69) is 24.8 Å². The zero-order valence-electron chi connectivity index (χ0n) is 12.9. The van der Waals surface area contributed by atoms with Crippen molar-refractivity contribution in [3.05, 3.63) is 6.33 Å². The number of ether oxygens (including phenoxy) is 1. The molecule has 1 aliphatic heterocycles. The number of anilines is 2. The van der Waals surface area contributed by atoms with Crippen LogP contribution in [0.5, 0.6) is 0 Å². The molecule has 0 aromatic carbocycles. The van der Waals surface area contributed by atoms with Crippen molar-refractivity contribution in [2.24, 2.45) is 0 Å². The number of nitrogens with two attached hydrogens (primary N) is 1. The Balaban J connectivity index is 1.90. The van der Waals surface area contributed by atoms with Gasteiger partial charge in [0.1, 0.15) is 18.3 Å². The number of aliphatic hydroxyl groups excluding tert-OH is 2. The Morgan fingerprint density at radius 1 is 1.40 bits per heavy atom. The van der Waals surface area contributed by atoms with Crippen LogP contribution in [0.25, 0.3) is 11.2 Å². The van der Waals surface area contributed by atoms with Gasteiger partial charge in [-0.3, -0.25) is 9.09 Å². The molecule has 1 aliphatic rings. The number of imidazole rings is 1. The Hall–Kier alpha value is -1.86. The molecular formula is C11H17N6O7P. The van der Waals surface area contributed by atoms with E-state index in [1.165, 1.54) is 10.9 Å². The molecule has 1 fully saturated rings. The largest absolute Gasteiger partial charge is 0.469 e. The van der Waals surface area contributed by atoms with Gasteiger partial charge in [-0.2, -0.15) is 9.97 Å². The molecule has 4 atom stereocenters. The van der Waals surface area contributed by atoms with Gasteiger partial charge in [0.15, 0.2) is 23.2 Å². The zero-order chi connectivity index (χ0) is 18.4. The summed E-state index contributed by atoms with van der Waals surface area (Å²) in [6, 6.07) is 0. The lowest BCUT2D eigenvalue weighted by atomic mass is 10.1. The summed E-state index contributed by atoms with van der Waals surface area (Å²) in [4.78, 5) is 29.7. The van der Waals surface area contributed by atoms with E-state index in [4.69, 9.17) is 20.3 Å². The van der Waals surface area contributed by atoms with E-state index in [1.54, 1.807) is 7.05 Å². The molecule has 138 valence electrons. The minimum absolute atomic E-state index is 0.0342. The van der Waals surface area contributed by atoms with Crippen molar-refractivity contribution in [3.8, 4) is 0 Å². The van der Waals surface area contributed by atoms with Gasteiger partial charge in [0.25, 0.3) is 0 Å². The Bertz CT molecular complexity index is 825. The number of rotatable bonds is 5. The SMILES string of the molecule is CNc1nc(N)nc2c1ncn2[C@@H]1O[C@H](COP(=O)(O)O)[C@@H](O)[C@H]1O. The average Bonchev–Trinajstić information content (AvgIpc) is 3.06. The number of phosphoric ester groups is 1. The van der Waals surface area contributed by atoms with E-state index in [9.17, 15) is 14.8 Å². The standard InChI is InChI=1S/C11H17N6O7P/c1-13-8-5-9(16-11(12)15-8)17(3-14-5)10-7(19)6(18)4(24-10)2-23-25(20,21)22/h3-4,6-7,10,18-19H,2H2,1H3,(H2,20,21,22)(H3,12,13,15,16)/t4-,6-,7-,10-/m1/s1. The summed E-state index contributed by atoms with van der Waals surface area (Å²) in [6.45, 7) is -0.607. The molecule has 0 spiro atoms. The smallest absolute Gasteiger partial charge is 0.387 e. The lowest BCUT2D eigenvalue weighted by Gasteiger charge is -2.16. The maximum absolute atomic E-state index is 10.8. The molecule has 0 unspecified atom stereocenters. The number of aliphatic hydroxyl groups is 2. The quantitative estimate of drug-likeness (QED) is 0.320. The first-order valence-electron chi connectivity index (χ1n) is 7.10. The van der Waals surface area contributed by atoms with E-state index in [-0.39, 0.29) is 11.6 Å². The van der Waals surface area contributed by atoms with E-state index in [0.717, 1.165) is 0 Å². The number of phosphoric acid groups is 1. The van der Waals surface area contributed by atoms with Crippen molar-refractivity contribution in [1.82, 2.24) is 19.5 Å². The fourth-order valence-corrected chi connectivity index (χ4v) is 2.90. The van der Waals surface area contributed by atoms with Crippen molar-refractivity contribution >= 4 is 30.8 Å². The molecule has 1 saturated heterocycles. The van der Waals surface area contributed by atoms with Gasteiger partial charge in [-0.05, 0) is 0 Å². The number of nitrogen functional groups attached to an aromatic ring is 1. The first kappa shape index (κ1) is 17.9. The normalized spacial score (nSPS) is 27.1. The third kappa shape index (κ3) is 3.43. The van der Waals surface area contributed by atoms with E-state index < -0.39 is 39.0 Å². The van der Waals surface area contributed by atoms with Crippen molar-refractivity contribution in [3.63, 3.8) is 0 Å². The van der Waals surface area contributed by atoms with Crippen molar-refractivity contribution in [2.45, 2.75) is 24.5 Å². The fraction of sp³-hybridized carbons (Fsp3) is 0.545. The summed E-state index contributed by atoms with van der Waals surface area (Å²) in [5, 5.41) is 23.1. The van der Waals surface area contributed by atoms with Crippen LogP contribution in [0.1, 0.15) is 6.23 Å². The lowest BCUT2D eigenvalue weighted by Crippen LogP contribution is -2.33. The average molecular weight is 376 g/mol. The summed E-state index contributed by atoms with van der Waals surface area (Å²) >= 11 is 0. The summed E-state index contributed by atoms with van der Waals surface area (Å²) in [6.07, 6.45) is -3.78. The lowest BCUT2D eigenvalue weighted by molar-refractivity contribution is -0.0503. The monoisotopic (exact) mass is 376 g/mol. The van der Waals surface area contributed by atoms with Crippen LogP contribution in [0.3, 0.4) is 0 Å². The second kappa shape index (κ2) is 6.46. The van der Waals surface area contributed by atoms with Gasteiger partial charge in [-0.1, -0.05) is 0 Å².